The van der Waals surface area contributed by atoms with E-state index in [0.29, 0.717) is 51.3 Å². The van der Waals surface area contributed by atoms with Crippen LogP contribution in [0.4, 0.5) is 23.0 Å². The van der Waals surface area contributed by atoms with Crippen LogP contribution in [0.5, 0.6) is 0 Å². The first-order chi connectivity index (χ1) is 26.3. The highest BCUT2D eigenvalue weighted by atomic mass is 32.1. The number of thiophene rings is 2. The number of aromatic nitrogens is 3. The molecular weight excluding hydrogens is 719 g/mol. The maximum atomic E-state index is 13.3. The van der Waals surface area contributed by atoms with Crippen molar-refractivity contribution in [2.75, 3.05) is 62.3 Å². The van der Waals surface area contributed by atoms with Crippen LogP contribution in [-0.4, -0.2) is 88.8 Å². The molecule has 1 fully saturated rings. The average Bonchev–Trinajstić information content (AvgIpc) is 3.91. The summed E-state index contributed by atoms with van der Waals surface area (Å²) in [5.74, 6) is -0.369. The summed E-state index contributed by atoms with van der Waals surface area (Å²) in [5, 5.41) is 14.1. The minimum absolute atomic E-state index is 0.100. The number of aryl methyl sites for hydroxylation is 1. The van der Waals surface area contributed by atoms with Gasteiger partial charge in [-0.3, -0.25) is 24.3 Å². The Morgan fingerprint density at radius 3 is 2.41 bits per heavy atom. The lowest BCUT2D eigenvalue weighted by Crippen LogP contribution is -2.46. The van der Waals surface area contributed by atoms with Crippen molar-refractivity contribution < 1.29 is 14.4 Å². The number of nitrogens with one attached hydrogen (secondary N) is 4. The van der Waals surface area contributed by atoms with E-state index in [-0.39, 0.29) is 17.7 Å². The molecule has 1 saturated heterocycles. The zero-order valence-corrected chi connectivity index (χ0v) is 31.5. The quantitative estimate of drug-likeness (QED) is 0.105. The third-order valence-corrected chi connectivity index (χ3v) is 11.2. The van der Waals surface area contributed by atoms with Crippen molar-refractivity contribution >= 4 is 63.4 Å². The summed E-state index contributed by atoms with van der Waals surface area (Å²) < 4.78 is 0. The fourth-order valence-electron chi connectivity index (χ4n) is 5.87. The minimum Gasteiger partial charge on any atom is -0.351 e. The Bertz CT molecular complexity index is 2250. The molecule has 54 heavy (non-hydrogen) atoms. The first kappa shape index (κ1) is 36.6. The predicted octanol–water partition coefficient (Wildman–Crippen LogP) is 6.86. The van der Waals surface area contributed by atoms with Crippen LogP contribution in [0.2, 0.25) is 0 Å². The number of hydrogen-bond donors (Lipinski definition) is 4. The van der Waals surface area contributed by atoms with E-state index in [1.165, 1.54) is 23.7 Å². The van der Waals surface area contributed by atoms with Crippen molar-refractivity contribution in [1.29, 1.82) is 0 Å². The Kier molecular flexibility index (Phi) is 11.4. The van der Waals surface area contributed by atoms with E-state index in [1.807, 2.05) is 54.8 Å². The highest BCUT2D eigenvalue weighted by Gasteiger charge is 2.16. The van der Waals surface area contributed by atoms with Gasteiger partial charge < -0.3 is 26.2 Å². The van der Waals surface area contributed by atoms with Gasteiger partial charge in [-0.1, -0.05) is 24.3 Å². The summed E-state index contributed by atoms with van der Waals surface area (Å²) >= 11 is 3.03. The predicted molar refractivity (Wildman–Crippen MR) is 216 cm³/mol. The monoisotopic (exact) mass is 757 g/mol. The molecule has 3 amide bonds. The molecule has 2 aromatic carbocycles. The molecule has 0 bridgehead atoms. The second kappa shape index (κ2) is 16.9. The normalized spacial score (nSPS) is 13.3. The van der Waals surface area contributed by atoms with Gasteiger partial charge in [0.15, 0.2) is 0 Å². The van der Waals surface area contributed by atoms with Gasteiger partial charge in [0.1, 0.15) is 0 Å². The second-order valence-corrected chi connectivity index (χ2v) is 14.9. The molecule has 1 aliphatic heterocycles. The summed E-state index contributed by atoms with van der Waals surface area (Å²) in [6.45, 7) is 7.52. The van der Waals surface area contributed by atoms with Crippen LogP contribution in [0.3, 0.4) is 0 Å². The van der Waals surface area contributed by atoms with Crippen LogP contribution in [0, 0.1) is 6.92 Å². The van der Waals surface area contributed by atoms with Crippen molar-refractivity contribution in [3.63, 3.8) is 0 Å². The first-order valence-electron chi connectivity index (χ1n) is 17.5. The van der Waals surface area contributed by atoms with Crippen molar-refractivity contribution in [2.24, 2.45) is 0 Å². The molecule has 0 aliphatic carbocycles. The summed E-state index contributed by atoms with van der Waals surface area (Å²) in [6.07, 6.45) is 4.63. The van der Waals surface area contributed by atoms with Crippen LogP contribution in [0.25, 0.3) is 21.0 Å². The van der Waals surface area contributed by atoms with Gasteiger partial charge in [0, 0.05) is 83.9 Å². The third-order valence-electron chi connectivity index (χ3n) is 9.00. The van der Waals surface area contributed by atoms with Crippen molar-refractivity contribution in [1.82, 2.24) is 30.1 Å². The Labute approximate surface area is 321 Å². The van der Waals surface area contributed by atoms with E-state index in [0.717, 1.165) is 53.6 Å². The van der Waals surface area contributed by atoms with Crippen LogP contribution in [0.1, 0.15) is 36.0 Å². The fraction of sp³-hybridized carbons (Fsp3) is 0.200. The van der Waals surface area contributed by atoms with Gasteiger partial charge in [0.05, 0.1) is 28.0 Å². The molecule has 12 nitrogen and oxygen atoms in total. The summed E-state index contributed by atoms with van der Waals surface area (Å²) in [4.78, 5) is 59.7. The number of amides is 3. The van der Waals surface area contributed by atoms with Gasteiger partial charge in [-0.05, 0) is 79.5 Å². The molecule has 4 N–H and O–H groups in total. The number of hydrogen-bond acceptors (Lipinski definition) is 11. The van der Waals surface area contributed by atoms with Crippen molar-refractivity contribution in [3.05, 3.63) is 124 Å². The van der Waals surface area contributed by atoms with Crippen LogP contribution >= 0.6 is 22.7 Å². The number of carbonyl (C=O) groups is 3. The highest BCUT2D eigenvalue weighted by Crippen LogP contribution is 2.32. The van der Waals surface area contributed by atoms with E-state index in [4.69, 9.17) is 4.98 Å². The van der Waals surface area contributed by atoms with Gasteiger partial charge >= 0.3 is 0 Å². The lowest BCUT2D eigenvalue weighted by atomic mass is 10.1. The van der Waals surface area contributed by atoms with Crippen LogP contribution < -0.4 is 21.3 Å². The number of carbonyl (C=O) groups excluding carboxylic acids is 3. The van der Waals surface area contributed by atoms with E-state index in [2.05, 4.69) is 48.1 Å². The van der Waals surface area contributed by atoms with Gasteiger partial charge in [0.25, 0.3) is 17.7 Å². The first-order valence-corrected chi connectivity index (χ1v) is 19.2. The largest absolute Gasteiger partial charge is 0.351 e. The molecule has 7 rings (SSSR count). The zero-order chi connectivity index (χ0) is 37.4. The topological polar surface area (TPSA) is 144 Å². The number of anilines is 4. The number of benzene rings is 2. The van der Waals surface area contributed by atoms with Gasteiger partial charge in [-0.25, -0.2) is 9.97 Å². The molecule has 4 aromatic heterocycles. The molecule has 0 unspecified atom stereocenters. The SMILES string of the molecule is Cc1ccc(NC(=O)c2cncc(NC(=O)c3ccc(-c4cccs4)s3)c2)cc1Nc1nccc(-c2ccc(C(=O)NCCN3CCN(C)CC3)cc2)n1. The molecular formula is C40H39N9O3S2. The lowest BCUT2D eigenvalue weighted by molar-refractivity contribution is 0.0939. The van der Waals surface area contributed by atoms with Crippen molar-refractivity contribution in [3.8, 4) is 21.0 Å². The van der Waals surface area contributed by atoms with E-state index in [9.17, 15) is 14.4 Å². The second-order valence-electron chi connectivity index (χ2n) is 12.9. The number of nitrogens with zero attached hydrogens (tertiary/aromatic N) is 5. The molecule has 0 atom stereocenters. The van der Waals surface area contributed by atoms with Crippen molar-refractivity contribution in [2.45, 2.75) is 6.92 Å². The van der Waals surface area contributed by atoms with Gasteiger partial charge in [0.2, 0.25) is 5.95 Å². The Balaban J connectivity index is 0.948. The zero-order valence-electron chi connectivity index (χ0n) is 29.8. The minimum atomic E-state index is -0.380. The molecule has 6 aromatic rings. The van der Waals surface area contributed by atoms with E-state index in [1.54, 1.807) is 53.9 Å². The van der Waals surface area contributed by atoms with Gasteiger partial charge in [-0.2, -0.15) is 0 Å². The molecule has 0 saturated carbocycles. The molecule has 0 radical (unpaired) electrons. The maximum Gasteiger partial charge on any atom is 0.265 e. The molecule has 1 aliphatic rings. The summed E-state index contributed by atoms with van der Waals surface area (Å²) in [6, 6.07) is 24.0. The van der Waals surface area contributed by atoms with Crippen LogP contribution in [-0.2, 0) is 0 Å². The number of pyridine rings is 1. The maximum absolute atomic E-state index is 13.3. The summed E-state index contributed by atoms with van der Waals surface area (Å²) in [7, 11) is 2.13. The Morgan fingerprint density at radius 1 is 0.796 bits per heavy atom. The average molecular weight is 758 g/mol. The van der Waals surface area contributed by atoms with E-state index >= 15 is 0 Å². The fourth-order valence-corrected chi connectivity index (χ4v) is 7.60. The van der Waals surface area contributed by atoms with Gasteiger partial charge in [-0.15, -0.1) is 22.7 Å². The third kappa shape index (κ3) is 9.22. The summed E-state index contributed by atoms with van der Waals surface area (Å²) in [5.41, 5.74) is 5.02. The molecule has 5 heterocycles. The van der Waals surface area contributed by atoms with Crippen LogP contribution in [0.15, 0.2) is 103 Å². The molecule has 274 valence electrons. The molecule has 0 spiro atoms. The highest BCUT2D eigenvalue weighted by molar-refractivity contribution is 7.22. The number of likely N-dealkylation sites (N-methyl/N-ethyl adjacent to an activating group) is 1. The van der Waals surface area contributed by atoms with E-state index < -0.39 is 0 Å². The Hall–Kier alpha value is -5.80. The Morgan fingerprint density at radius 2 is 1.61 bits per heavy atom. The lowest BCUT2D eigenvalue weighted by Gasteiger charge is -2.32. The number of piperazine rings is 1. The molecule has 14 heteroatoms. The standard InChI is InChI=1S/C40H39N9O3S2/c1-26-5-10-30(44-38(51)29-22-31(25-41-24-29)45-39(52)36-12-11-35(54-36)34-4-3-21-53-34)23-33(26)47-40-43-14-13-32(46-40)27-6-8-28(9-7-27)37(50)42-15-16-49-19-17-48(2)18-20-49/h3-14,21-25H,15-20H2,1-2H3,(H,42,50)(H,44,51)(H,45,52)(H,43,46,47). The smallest absolute Gasteiger partial charge is 0.265 e. The number of rotatable bonds is 12.